The standard InChI is InChI=1S/C18H24N2O3/c1-13-4-7-16(23-2)15(12-13)18(22)20-9-3-8-19(10-11-20)17(21)14-5-6-14/h4,7,12,14H,3,5-6,8-11H2,1-2H3. The highest BCUT2D eigenvalue weighted by Gasteiger charge is 2.34. The van der Waals surface area contributed by atoms with Crippen LogP contribution < -0.4 is 4.74 Å². The summed E-state index contributed by atoms with van der Waals surface area (Å²) in [6, 6.07) is 5.65. The first kappa shape index (κ1) is 15.8. The van der Waals surface area contributed by atoms with Crippen molar-refractivity contribution in [2.45, 2.75) is 26.2 Å². The number of hydrogen-bond donors (Lipinski definition) is 0. The molecule has 0 spiro atoms. The van der Waals surface area contributed by atoms with E-state index in [1.165, 1.54) is 0 Å². The normalized spacial score (nSPS) is 18.5. The van der Waals surface area contributed by atoms with E-state index in [1.54, 1.807) is 7.11 Å². The summed E-state index contributed by atoms with van der Waals surface area (Å²) >= 11 is 0. The lowest BCUT2D eigenvalue weighted by atomic mass is 10.1. The highest BCUT2D eigenvalue weighted by atomic mass is 16.5. The molecule has 124 valence electrons. The van der Waals surface area contributed by atoms with E-state index < -0.39 is 0 Å². The average molecular weight is 316 g/mol. The lowest BCUT2D eigenvalue weighted by Crippen LogP contribution is -2.38. The molecule has 1 saturated carbocycles. The highest BCUT2D eigenvalue weighted by Crippen LogP contribution is 2.31. The molecule has 0 bridgehead atoms. The van der Waals surface area contributed by atoms with E-state index >= 15 is 0 Å². The summed E-state index contributed by atoms with van der Waals surface area (Å²) in [5.74, 6) is 1.11. The number of aryl methyl sites for hydroxylation is 1. The summed E-state index contributed by atoms with van der Waals surface area (Å²) in [5.41, 5.74) is 1.64. The quantitative estimate of drug-likeness (QED) is 0.858. The minimum Gasteiger partial charge on any atom is -0.496 e. The maximum Gasteiger partial charge on any atom is 0.257 e. The number of carbonyl (C=O) groups is 2. The van der Waals surface area contributed by atoms with Crippen LogP contribution >= 0.6 is 0 Å². The number of rotatable bonds is 3. The van der Waals surface area contributed by atoms with Crippen LogP contribution in [0.25, 0.3) is 0 Å². The lowest BCUT2D eigenvalue weighted by Gasteiger charge is -2.23. The van der Waals surface area contributed by atoms with Gasteiger partial charge in [-0.2, -0.15) is 0 Å². The molecule has 0 atom stereocenters. The maximum absolute atomic E-state index is 12.8. The van der Waals surface area contributed by atoms with Crippen LogP contribution in [-0.4, -0.2) is 54.9 Å². The Morgan fingerprint density at radius 2 is 1.78 bits per heavy atom. The predicted molar refractivity (Wildman–Crippen MR) is 87.6 cm³/mol. The number of carbonyl (C=O) groups excluding carboxylic acids is 2. The second-order valence-electron chi connectivity index (χ2n) is 6.45. The first-order valence-corrected chi connectivity index (χ1v) is 8.33. The molecule has 23 heavy (non-hydrogen) atoms. The van der Waals surface area contributed by atoms with Gasteiger partial charge >= 0.3 is 0 Å². The van der Waals surface area contributed by atoms with Gasteiger partial charge in [-0.3, -0.25) is 9.59 Å². The number of ether oxygens (including phenoxy) is 1. The van der Waals surface area contributed by atoms with Crippen LogP contribution in [0.5, 0.6) is 5.75 Å². The molecule has 2 fully saturated rings. The molecule has 1 aromatic carbocycles. The molecule has 3 rings (SSSR count). The van der Waals surface area contributed by atoms with Crippen molar-refractivity contribution in [3.63, 3.8) is 0 Å². The zero-order chi connectivity index (χ0) is 16.4. The molecule has 5 heteroatoms. The molecule has 0 aromatic heterocycles. The molecule has 0 unspecified atom stereocenters. The smallest absolute Gasteiger partial charge is 0.257 e. The van der Waals surface area contributed by atoms with Crippen LogP contribution in [-0.2, 0) is 4.79 Å². The van der Waals surface area contributed by atoms with Crippen LogP contribution in [0, 0.1) is 12.8 Å². The van der Waals surface area contributed by atoms with Gasteiger partial charge in [-0.25, -0.2) is 0 Å². The van der Waals surface area contributed by atoms with Crippen molar-refractivity contribution in [3.05, 3.63) is 29.3 Å². The Morgan fingerprint density at radius 3 is 2.48 bits per heavy atom. The van der Waals surface area contributed by atoms with Gasteiger partial charge in [-0.1, -0.05) is 11.6 Å². The minimum atomic E-state index is -0.00808. The second kappa shape index (κ2) is 6.60. The van der Waals surface area contributed by atoms with Crippen LogP contribution in [0.15, 0.2) is 18.2 Å². The fourth-order valence-electron chi connectivity index (χ4n) is 3.09. The van der Waals surface area contributed by atoms with Crippen molar-refractivity contribution in [1.29, 1.82) is 0 Å². The van der Waals surface area contributed by atoms with Gasteiger partial charge in [-0.15, -0.1) is 0 Å². The second-order valence-corrected chi connectivity index (χ2v) is 6.45. The molecule has 2 amide bonds. The number of methoxy groups -OCH3 is 1. The Morgan fingerprint density at radius 1 is 1.09 bits per heavy atom. The van der Waals surface area contributed by atoms with Crippen LogP contribution in [0.2, 0.25) is 0 Å². The van der Waals surface area contributed by atoms with Gasteiger partial charge in [0.15, 0.2) is 0 Å². The summed E-state index contributed by atoms with van der Waals surface area (Å²) in [7, 11) is 1.58. The zero-order valence-electron chi connectivity index (χ0n) is 13.9. The topological polar surface area (TPSA) is 49.9 Å². The fraction of sp³-hybridized carbons (Fsp3) is 0.556. The zero-order valence-corrected chi connectivity index (χ0v) is 13.9. The third-order valence-electron chi connectivity index (χ3n) is 4.61. The van der Waals surface area contributed by atoms with Crippen molar-refractivity contribution in [3.8, 4) is 5.75 Å². The molecule has 5 nitrogen and oxygen atoms in total. The Balaban J connectivity index is 1.70. The molecule has 1 aliphatic carbocycles. The van der Waals surface area contributed by atoms with Crippen molar-refractivity contribution in [2.24, 2.45) is 5.92 Å². The number of hydrogen-bond acceptors (Lipinski definition) is 3. The van der Waals surface area contributed by atoms with E-state index in [9.17, 15) is 9.59 Å². The minimum absolute atomic E-state index is 0.00808. The van der Waals surface area contributed by atoms with E-state index in [0.29, 0.717) is 30.9 Å². The van der Waals surface area contributed by atoms with E-state index in [4.69, 9.17) is 4.74 Å². The molecule has 1 aliphatic heterocycles. The summed E-state index contributed by atoms with van der Waals surface area (Å²) in [6.07, 6.45) is 2.88. The van der Waals surface area contributed by atoms with E-state index in [-0.39, 0.29) is 17.7 Å². The maximum atomic E-state index is 12.8. The Kier molecular flexibility index (Phi) is 4.55. The number of amides is 2. The van der Waals surface area contributed by atoms with Crippen LogP contribution in [0.4, 0.5) is 0 Å². The third-order valence-corrected chi connectivity index (χ3v) is 4.61. The summed E-state index contributed by atoms with van der Waals surface area (Å²) in [5, 5.41) is 0. The fourth-order valence-corrected chi connectivity index (χ4v) is 3.09. The van der Waals surface area contributed by atoms with Crippen LogP contribution in [0.1, 0.15) is 35.2 Å². The third kappa shape index (κ3) is 3.49. The van der Waals surface area contributed by atoms with Crippen LogP contribution in [0.3, 0.4) is 0 Å². The van der Waals surface area contributed by atoms with E-state index in [0.717, 1.165) is 31.4 Å². The summed E-state index contributed by atoms with van der Waals surface area (Å²) in [6.45, 7) is 4.63. The molecule has 0 N–H and O–H groups in total. The van der Waals surface area contributed by atoms with E-state index in [1.807, 2.05) is 34.9 Å². The van der Waals surface area contributed by atoms with Crippen molar-refractivity contribution < 1.29 is 14.3 Å². The summed E-state index contributed by atoms with van der Waals surface area (Å²) < 4.78 is 5.33. The largest absolute Gasteiger partial charge is 0.496 e. The van der Waals surface area contributed by atoms with Gasteiger partial charge in [0, 0.05) is 32.1 Å². The summed E-state index contributed by atoms with van der Waals surface area (Å²) in [4.78, 5) is 28.8. The van der Waals surface area contributed by atoms with Crippen molar-refractivity contribution in [1.82, 2.24) is 9.80 Å². The Bertz CT molecular complexity index is 610. The Labute approximate surface area is 137 Å². The van der Waals surface area contributed by atoms with Crippen molar-refractivity contribution >= 4 is 11.8 Å². The SMILES string of the molecule is COc1ccc(C)cc1C(=O)N1CCCN(C(=O)C2CC2)CC1. The first-order valence-electron chi connectivity index (χ1n) is 8.33. The number of benzene rings is 1. The van der Waals surface area contributed by atoms with Gasteiger partial charge in [0.25, 0.3) is 5.91 Å². The highest BCUT2D eigenvalue weighted by molar-refractivity contribution is 5.97. The van der Waals surface area contributed by atoms with Crippen molar-refractivity contribution in [2.75, 3.05) is 33.3 Å². The van der Waals surface area contributed by atoms with Gasteiger partial charge in [-0.05, 0) is 38.3 Å². The first-order chi connectivity index (χ1) is 11.1. The molecule has 1 aromatic rings. The number of nitrogens with zero attached hydrogens (tertiary/aromatic N) is 2. The van der Waals surface area contributed by atoms with E-state index in [2.05, 4.69) is 0 Å². The molecule has 0 radical (unpaired) electrons. The monoisotopic (exact) mass is 316 g/mol. The molecular weight excluding hydrogens is 292 g/mol. The predicted octanol–water partition coefficient (Wildman–Crippen LogP) is 2.09. The Hall–Kier alpha value is -2.04. The van der Waals surface area contributed by atoms with Gasteiger partial charge in [0.1, 0.15) is 5.75 Å². The lowest BCUT2D eigenvalue weighted by molar-refractivity contribution is -0.132. The van der Waals surface area contributed by atoms with Gasteiger partial charge in [0.05, 0.1) is 12.7 Å². The molecule has 1 saturated heterocycles. The average Bonchev–Trinajstić information content (AvgIpc) is 3.39. The molecule has 1 heterocycles. The van der Waals surface area contributed by atoms with Gasteiger partial charge in [0.2, 0.25) is 5.91 Å². The van der Waals surface area contributed by atoms with Gasteiger partial charge < -0.3 is 14.5 Å². The molecule has 2 aliphatic rings. The molecular formula is C18H24N2O3.